The topological polar surface area (TPSA) is 72.1 Å². The van der Waals surface area contributed by atoms with E-state index in [1.165, 1.54) is 0 Å². The standard InChI is InChI=1S/C21H39N3O4/c1-14(2)10-24(13-23-21(3,4)5)8-6-7-22-20(25)28-18-15-9-16-17(18)12-27-19(16)26-11-15/h14-19,23H,6-13H2,1-5H3,(H,22,25). The van der Waals surface area contributed by atoms with Crippen molar-refractivity contribution in [3.8, 4) is 0 Å². The molecule has 2 saturated heterocycles. The van der Waals surface area contributed by atoms with E-state index in [1.807, 2.05) is 0 Å². The number of ether oxygens (including phenoxy) is 3. The van der Waals surface area contributed by atoms with Gasteiger partial charge in [-0.3, -0.25) is 10.2 Å². The lowest BCUT2D eigenvalue weighted by Gasteiger charge is -2.29. The maximum atomic E-state index is 12.3. The van der Waals surface area contributed by atoms with Crippen LogP contribution in [-0.2, 0) is 14.2 Å². The van der Waals surface area contributed by atoms with Crippen LogP contribution in [0.1, 0.15) is 47.5 Å². The zero-order chi connectivity index (χ0) is 20.3. The molecule has 1 saturated carbocycles. The maximum absolute atomic E-state index is 12.3. The number of carbonyl (C=O) groups excluding carboxylic acids is 1. The lowest BCUT2D eigenvalue weighted by molar-refractivity contribution is -0.169. The first kappa shape index (κ1) is 21.8. The zero-order valence-corrected chi connectivity index (χ0v) is 18.2. The van der Waals surface area contributed by atoms with Crippen LogP contribution in [0.5, 0.6) is 0 Å². The molecule has 5 atom stereocenters. The van der Waals surface area contributed by atoms with Gasteiger partial charge in [-0.15, -0.1) is 0 Å². The Bertz CT molecular complexity index is 522. The van der Waals surface area contributed by atoms with Gasteiger partial charge in [0.15, 0.2) is 6.29 Å². The van der Waals surface area contributed by atoms with Crippen molar-refractivity contribution in [2.45, 2.75) is 65.4 Å². The summed E-state index contributed by atoms with van der Waals surface area (Å²) in [6.07, 6.45) is 1.52. The van der Waals surface area contributed by atoms with Crippen molar-refractivity contribution in [3.63, 3.8) is 0 Å². The third-order valence-electron chi connectivity index (χ3n) is 5.91. The monoisotopic (exact) mass is 397 g/mol. The van der Waals surface area contributed by atoms with Gasteiger partial charge in [-0.05, 0) is 39.5 Å². The number of rotatable bonds is 9. The molecule has 2 heterocycles. The molecule has 1 amide bonds. The highest BCUT2D eigenvalue weighted by molar-refractivity contribution is 5.67. The van der Waals surface area contributed by atoms with Crippen LogP contribution in [-0.4, -0.2) is 68.4 Å². The first-order valence-electron chi connectivity index (χ1n) is 10.9. The number of alkyl carbamates (subject to hydrolysis) is 1. The molecule has 2 N–H and O–H groups in total. The summed E-state index contributed by atoms with van der Waals surface area (Å²) in [5.41, 5.74) is 0.101. The van der Waals surface area contributed by atoms with Gasteiger partial charge in [0, 0.05) is 49.6 Å². The molecule has 0 aromatic rings. The summed E-state index contributed by atoms with van der Waals surface area (Å²) < 4.78 is 17.2. The third kappa shape index (κ3) is 5.81. The summed E-state index contributed by atoms with van der Waals surface area (Å²) in [5.74, 6) is 1.64. The van der Waals surface area contributed by atoms with Crippen LogP contribution < -0.4 is 10.6 Å². The highest BCUT2D eigenvalue weighted by atomic mass is 16.7. The lowest BCUT2D eigenvalue weighted by Crippen LogP contribution is -2.46. The Morgan fingerprint density at radius 2 is 1.96 bits per heavy atom. The Labute approximate surface area is 169 Å². The quantitative estimate of drug-likeness (QED) is 0.460. The molecule has 7 heteroatoms. The van der Waals surface area contributed by atoms with E-state index in [-0.39, 0.29) is 24.0 Å². The van der Waals surface area contributed by atoms with Gasteiger partial charge >= 0.3 is 6.09 Å². The van der Waals surface area contributed by atoms with Crippen LogP contribution >= 0.6 is 0 Å². The van der Waals surface area contributed by atoms with Crippen molar-refractivity contribution < 1.29 is 19.0 Å². The molecular weight excluding hydrogens is 358 g/mol. The van der Waals surface area contributed by atoms with Crippen LogP contribution in [0.3, 0.4) is 0 Å². The van der Waals surface area contributed by atoms with E-state index in [4.69, 9.17) is 14.2 Å². The average molecular weight is 398 g/mol. The minimum absolute atomic E-state index is 0.0640. The Hall–Kier alpha value is -0.890. The number of nitrogens with one attached hydrogen (secondary N) is 2. The fourth-order valence-electron chi connectivity index (χ4n) is 4.61. The van der Waals surface area contributed by atoms with E-state index in [9.17, 15) is 4.79 Å². The lowest BCUT2D eigenvalue weighted by atomic mass is 9.98. The van der Waals surface area contributed by atoms with Gasteiger partial charge < -0.3 is 19.5 Å². The molecule has 3 fully saturated rings. The molecule has 7 nitrogen and oxygen atoms in total. The fourth-order valence-corrected chi connectivity index (χ4v) is 4.61. The Balaban J connectivity index is 1.36. The predicted molar refractivity (Wildman–Crippen MR) is 108 cm³/mol. The second-order valence-electron chi connectivity index (χ2n) is 10.1. The van der Waals surface area contributed by atoms with E-state index in [1.54, 1.807) is 0 Å². The van der Waals surface area contributed by atoms with Gasteiger partial charge in [0.05, 0.1) is 13.2 Å². The van der Waals surface area contributed by atoms with Crippen LogP contribution in [0.15, 0.2) is 0 Å². The van der Waals surface area contributed by atoms with Crippen LogP contribution in [0.4, 0.5) is 4.79 Å². The molecule has 2 aliphatic heterocycles. The Kier molecular flexibility index (Phi) is 7.23. The number of hydrogen-bond acceptors (Lipinski definition) is 6. The molecule has 0 radical (unpaired) electrons. The molecule has 28 heavy (non-hydrogen) atoms. The maximum Gasteiger partial charge on any atom is 0.407 e. The number of fused-ring (bicyclic) bond motifs is 1. The zero-order valence-electron chi connectivity index (χ0n) is 18.2. The number of amides is 1. The van der Waals surface area contributed by atoms with E-state index in [0.717, 1.165) is 32.6 Å². The van der Waals surface area contributed by atoms with Crippen LogP contribution in [0.25, 0.3) is 0 Å². The normalized spacial score (nSPS) is 31.6. The molecule has 3 aliphatic rings. The predicted octanol–water partition coefficient (Wildman–Crippen LogP) is 2.41. The van der Waals surface area contributed by atoms with Gasteiger partial charge in [-0.25, -0.2) is 4.79 Å². The highest BCUT2D eigenvalue weighted by Crippen LogP contribution is 2.49. The highest BCUT2D eigenvalue weighted by Gasteiger charge is 2.56. The Morgan fingerprint density at radius 1 is 1.21 bits per heavy atom. The SMILES string of the molecule is CC(C)CN(CCCNC(=O)OC1C2COC3OCC1C3C2)CNC(C)(C)C. The molecule has 1 aliphatic carbocycles. The molecule has 2 bridgehead atoms. The number of hydrogen-bond donors (Lipinski definition) is 2. The third-order valence-corrected chi connectivity index (χ3v) is 5.91. The average Bonchev–Trinajstić information content (AvgIpc) is 3.12. The van der Waals surface area contributed by atoms with Crippen molar-refractivity contribution in [1.82, 2.24) is 15.5 Å². The second-order valence-corrected chi connectivity index (χ2v) is 10.1. The molecule has 0 aromatic carbocycles. The molecule has 5 unspecified atom stereocenters. The molecular formula is C21H39N3O4. The van der Waals surface area contributed by atoms with Crippen molar-refractivity contribution in [3.05, 3.63) is 0 Å². The number of carbonyl (C=O) groups is 1. The number of nitrogens with zero attached hydrogens (tertiary/aromatic N) is 1. The summed E-state index contributed by atoms with van der Waals surface area (Å²) in [5, 5.41) is 6.49. The van der Waals surface area contributed by atoms with Crippen molar-refractivity contribution in [2.75, 3.05) is 39.5 Å². The van der Waals surface area contributed by atoms with Crippen LogP contribution in [0.2, 0.25) is 0 Å². The van der Waals surface area contributed by atoms with Crippen molar-refractivity contribution >= 4 is 6.09 Å². The largest absolute Gasteiger partial charge is 0.445 e. The van der Waals surface area contributed by atoms with Crippen LogP contribution in [0, 0.1) is 23.7 Å². The summed E-state index contributed by atoms with van der Waals surface area (Å²) in [7, 11) is 0. The summed E-state index contributed by atoms with van der Waals surface area (Å²) in [4.78, 5) is 14.7. The summed E-state index contributed by atoms with van der Waals surface area (Å²) >= 11 is 0. The first-order chi connectivity index (χ1) is 13.2. The smallest absolute Gasteiger partial charge is 0.407 e. The Morgan fingerprint density at radius 3 is 2.68 bits per heavy atom. The van der Waals surface area contributed by atoms with Gasteiger partial charge in [0.2, 0.25) is 0 Å². The summed E-state index contributed by atoms with van der Waals surface area (Å²) in [6.45, 7) is 15.8. The van der Waals surface area contributed by atoms with E-state index < -0.39 is 0 Å². The minimum atomic E-state index is -0.302. The van der Waals surface area contributed by atoms with Gasteiger partial charge in [0.25, 0.3) is 0 Å². The molecule has 3 rings (SSSR count). The van der Waals surface area contributed by atoms with Gasteiger partial charge in [-0.1, -0.05) is 13.8 Å². The minimum Gasteiger partial charge on any atom is -0.445 e. The second kappa shape index (κ2) is 9.28. The van der Waals surface area contributed by atoms with E-state index in [0.29, 0.717) is 43.4 Å². The fraction of sp³-hybridized carbons (Fsp3) is 0.952. The van der Waals surface area contributed by atoms with E-state index in [2.05, 4.69) is 50.2 Å². The summed E-state index contributed by atoms with van der Waals surface area (Å²) in [6, 6.07) is 0. The van der Waals surface area contributed by atoms with Gasteiger partial charge in [0.1, 0.15) is 6.10 Å². The molecule has 0 spiro atoms. The van der Waals surface area contributed by atoms with E-state index >= 15 is 0 Å². The first-order valence-corrected chi connectivity index (χ1v) is 10.9. The molecule has 0 aromatic heterocycles. The van der Waals surface area contributed by atoms with Gasteiger partial charge in [-0.2, -0.15) is 0 Å². The molecule has 162 valence electrons. The van der Waals surface area contributed by atoms with Crippen molar-refractivity contribution in [2.24, 2.45) is 23.7 Å². The van der Waals surface area contributed by atoms with Crippen molar-refractivity contribution in [1.29, 1.82) is 0 Å².